The van der Waals surface area contributed by atoms with Gasteiger partial charge in [0.05, 0.1) is 11.1 Å². The molecule has 0 aliphatic heterocycles. The summed E-state index contributed by atoms with van der Waals surface area (Å²) in [6, 6.07) is 4.83. The summed E-state index contributed by atoms with van der Waals surface area (Å²) in [7, 11) is 0. The van der Waals surface area contributed by atoms with Gasteiger partial charge in [0.2, 0.25) is 0 Å². The SMILES string of the molecule is FC(F)Oc1ccc(C(F)(F)F)c(-c2ccc(C(F)(F)F)cc2)c1. The van der Waals surface area contributed by atoms with Crippen molar-refractivity contribution in [2.24, 2.45) is 0 Å². The van der Waals surface area contributed by atoms with Crippen LogP contribution in [0.15, 0.2) is 42.5 Å². The molecule has 0 fully saturated rings. The van der Waals surface area contributed by atoms with Crippen LogP contribution in [0.1, 0.15) is 11.1 Å². The Bertz CT molecular complexity index is 701. The molecule has 24 heavy (non-hydrogen) atoms. The van der Waals surface area contributed by atoms with E-state index in [-0.39, 0.29) is 5.56 Å². The third-order valence-corrected chi connectivity index (χ3v) is 3.04. The lowest BCUT2D eigenvalue weighted by atomic mass is 9.98. The molecular formula is C15H8F8O. The van der Waals surface area contributed by atoms with E-state index in [1.165, 1.54) is 0 Å². The molecule has 0 aliphatic carbocycles. The molecule has 0 unspecified atom stereocenters. The van der Waals surface area contributed by atoms with Crippen LogP contribution in [0.3, 0.4) is 0 Å². The van der Waals surface area contributed by atoms with E-state index >= 15 is 0 Å². The molecule has 2 aromatic rings. The molecule has 0 atom stereocenters. The predicted octanol–water partition coefficient (Wildman–Crippen LogP) is 5.99. The largest absolute Gasteiger partial charge is 0.435 e. The fourth-order valence-electron chi connectivity index (χ4n) is 2.02. The fourth-order valence-corrected chi connectivity index (χ4v) is 2.02. The zero-order valence-corrected chi connectivity index (χ0v) is 11.6. The van der Waals surface area contributed by atoms with Crippen molar-refractivity contribution in [3.8, 4) is 16.9 Å². The Morgan fingerprint density at radius 2 is 1.33 bits per heavy atom. The average molecular weight is 356 g/mol. The first-order valence-electron chi connectivity index (χ1n) is 6.32. The van der Waals surface area contributed by atoms with E-state index in [4.69, 9.17) is 0 Å². The summed E-state index contributed by atoms with van der Waals surface area (Å²) in [5.41, 5.74) is -2.99. The Hall–Kier alpha value is -2.32. The molecule has 0 saturated heterocycles. The second kappa shape index (κ2) is 6.29. The van der Waals surface area contributed by atoms with Crippen molar-refractivity contribution in [3.63, 3.8) is 0 Å². The van der Waals surface area contributed by atoms with Gasteiger partial charge in [-0.1, -0.05) is 12.1 Å². The lowest BCUT2D eigenvalue weighted by Crippen LogP contribution is -2.09. The van der Waals surface area contributed by atoms with Crippen molar-refractivity contribution in [2.45, 2.75) is 19.0 Å². The van der Waals surface area contributed by atoms with Crippen LogP contribution in [-0.2, 0) is 12.4 Å². The first-order valence-corrected chi connectivity index (χ1v) is 6.32. The van der Waals surface area contributed by atoms with Crippen LogP contribution >= 0.6 is 0 Å². The molecule has 0 aromatic heterocycles. The van der Waals surface area contributed by atoms with Crippen molar-refractivity contribution in [1.82, 2.24) is 0 Å². The highest BCUT2D eigenvalue weighted by Crippen LogP contribution is 2.40. The van der Waals surface area contributed by atoms with Crippen molar-refractivity contribution in [1.29, 1.82) is 0 Å². The lowest BCUT2D eigenvalue weighted by Gasteiger charge is -2.15. The average Bonchev–Trinajstić information content (AvgIpc) is 2.44. The van der Waals surface area contributed by atoms with Gasteiger partial charge < -0.3 is 4.74 Å². The van der Waals surface area contributed by atoms with Gasteiger partial charge in [0.15, 0.2) is 0 Å². The van der Waals surface area contributed by atoms with Gasteiger partial charge in [0.25, 0.3) is 0 Å². The van der Waals surface area contributed by atoms with Gasteiger partial charge in [-0.15, -0.1) is 0 Å². The highest BCUT2D eigenvalue weighted by Gasteiger charge is 2.34. The van der Waals surface area contributed by atoms with E-state index in [1.54, 1.807) is 0 Å². The standard InChI is InChI=1S/C15H8F8O/c16-13(17)24-10-5-6-12(15(21,22)23)11(7-10)8-1-3-9(4-2-8)14(18,19)20/h1-7,13H. The van der Waals surface area contributed by atoms with Crippen LogP contribution in [0.25, 0.3) is 11.1 Å². The van der Waals surface area contributed by atoms with Crippen molar-refractivity contribution < 1.29 is 39.9 Å². The number of hydrogen-bond donors (Lipinski definition) is 0. The zero-order valence-electron chi connectivity index (χ0n) is 11.6. The molecular weight excluding hydrogens is 348 g/mol. The second-order valence-electron chi connectivity index (χ2n) is 4.66. The lowest BCUT2D eigenvalue weighted by molar-refractivity contribution is -0.138. The molecule has 0 N–H and O–H groups in total. The molecule has 0 heterocycles. The van der Waals surface area contributed by atoms with Crippen LogP contribution in [0, 0.1) is 0 Å². The van der Waals surface area contributed by atoms with Gasteiger partial charge in [0, 0.05) is 0 Å². The molecule has 130 valence electrons. The number of halogens is 8. The van der Waals surface area contributed by atoms with Crippen LogP contribution in [0.4, 0.5) is 35.1 Å². The quantitative estimate of drug-likeness (QED) is 0.614. The van der Waals surface area contributed by atoms with E-state index in [0.29, 0.717) is 30.3 Å². The summed E-state index contributed by atoms with van der Waals surface area (Å²) in [4.78, 5) is 0. The molecule has 0 bridgehead atoms. The van der Waals surface area contributed by atoms with Crippen molar-refractivity contribution in [2.75, 3.05) is 0 Å². The van der Waals surface area contributed by atoms with Crippen molar-refractivity contribution >= 4 is 0 Å². The number of alkyl halides is 8. The summed E-state index contributed by atoms with van der Waals surface area (Å²) < 4.78 is 105. The molecule has 9 heteroatoms. The Morgan fingerprint density at radius 1 is 0.750 bits per heavy atom. The topological polar surface area (TPSA) is 9.23 Å². The summed E-state index contributed by atoms with van der Waals surface area (Å²) >= 11 is 0. The number of rotatable bonds is 3. The number of hydrogen-bond acceptors (Lipinski definition) is 1. The Kier molecular flexibility index (Phi) is 4.73. The maximum Gasteiger partial charge on any atom is 0.417 e. The zero-order chi connectivity index (χ0) is 18.1. The van der Waals surface area contributed by atoms with Gasteiger partial charge in [-0.3, -0.25) is 0 Å². The summed E-state index contributed by atoms with van der Waals surface area (Å²) in [6.07, 6.45) is -9.46. The number of ether oxygens (including phenoxy) is 1. The Balaban J connectivity index is 2.53. The van der Waals surface area contributed by atoms with E-state index in [1.807, 2.05) is 0 Å². The smallest absolute Gasteiger partial charge is 0.417 e. The summed E-state index contributed by atoms with van der Waals surface area (Å²) in [5.74, 6) is -0.534. The van der Waals surface area contributed by atoms with E-state index in [2.05, 4.69) is 4.74 Å². The van der Waals surface area contributed by atoms with E-state index < -0.39 is 41.4 Å². The molecule has 0 spiro atoms. The first kappa shape index (κ1) is 18.0. The van der Waals surface area contributed by atoms with Gasteiger partial charge >= 0.3 is 19.0 Å². The van der Waals surface area contributed by atoms with Gasteiger partial charge in [0.1, 0.15) is 5.75 Å². The highest BCUT2D eigenvalue weighted by atomic mass is 19.4. The molecule has 1 nitrogen and oxygen atoms in total. The molecule has 2 rings (SSSR count). The Labute approximate surface area is 130 Å². The van der Waals surface area contributed by atoms with E-state index in [0.717, 1.165) is 12.1 Å². The van der Waals surface area contributed by atoms with Gasteiger partial charge in [-0.05, 0) is 41.5 Å². The summed E-state index contributed by atoms with van der Waals surface area (Å²) in [5, 5.41) is 0. The van der Waals surface area contributed by atoms with Crippen LogP contribution < -0.4 is 4.74 Å². The van der Waals surface area contributed by atoms with Crippen LogP contribution in [0.2, 0.25) is 0 Å². The van der Waals surface area contributed by atoms with Crippen LogP contribution in [-0.4, -0.2) is 6.61 Å². The molecule has 0 aliphatic rings. The Morgan fingerprint density at radius 3 is 1.79 bits per heavy atom. The minimum Gasteiger partial charge on any atom is -0.435 e. The minimum atomic E-state index is -4.82. The molecule has 0 saturated carbocycles. The normalized spacial score (nSPS) is 12.5. The monoisotopic (exact) mass is 356 g/mol. The maximum absolute atomic E-state index is 13.0. The van der Waals surface area contributed by atoms with Crippen molar-refractivity contribution in [3.05, 3.63) is 53.6 Å². The number of benzene rings is 2. The molecule has 2 aromatic carbocycles. The van der Waals surface area contributed by atoms with E-state index in [9.17, 15) is 35.1 Å². The van der Waals surface area contributed by atoms with Gasteiger partial charge in [-0.2, -0.15) is 35.1 Å². The second-order valence-corrected chi connectivity index (χ2v) is 4.66. The third kappa shape index (κ3) is 4.15. The minimum absolute atomic E-state index is 0.213. The summed E-state index contributed by atoms with van der Waals surface area (Å²) in [6.45, 7) is -3.25. The third-order valence-electron chi connectivity index (χ3n) is 3.04. The highest BCUT2D eigenvalue weighted by molar-refractivity contribution is 5.70. The molecule has 0 amide bonds. The molecule has 0 radical (unpaired) electrons. The maximum atomic E-state index is 13.0. The predicted molar refractivity (Wildman–Crippen MR) is 68.5 cm³/mol. The van der Waals surface area contributed by atoms with Gasteiger partial charge in [-0.25, -0.2) is 0 Å². The first-order chi connectivity index (χ1) is 11.0. The van der Waals surface area contributed by atoms with Crippen LogP contribution in [0.5, 0.6) is 5.75 Å². The fraction of sp³-hybridized carbons (Fsp3) is 0.200.